The van der Waals surface area contributed by atoms with Crippen molar-refractivity contribution in [3.05, 3.63) is 23.8 Å². The fourth-order valence-electron chi connectivity index (χ4n) is 2.04. The zero-order valence-corrected chi connectivity index (χ0v) is 9.26. The largest absolute Gasteiger partial charge is 0.480 e. The molecule has 1 fully saturated rings. The molecule has 1 saturated heterocycles. The molecule has 0 unspecified atom stereocenters. The molecular formula is C11H15N3O2. The predicted molar refractivity (Wildman–Crippen MR) is 58.2 cm³/mol. The standard InChI is InChI=1S/C11H15N3O2/c1-8-2-4-12-11(13-8)9-3-5-14(6-9)7-10(15)16/h2,4,9H,3,5-7H2,1H3,(H,15,16)/t9-/m1/s1. The van der Waals surface area contributed by atoms with E-state index in [1.165, 1.54) is 0 Å². The Hall–Kier alpha value is -1.49. The molecule has 0 spiro atoms. The second-order valence-electron chi connectivity index (χ2n) is 4.17. The average Bonchev–Trinajstić information content (AvgIpc) is 2.65. The summed E-state index contributed by atoms with van der Waals surface area (Å²) < 4.78 is 0. The van der Waals surface area contributed by atoms with E-state index < -0.39 is 5.97 Å². The van der Waals surface area contributed by atoms with Crippen molar-refractivity contribution in [2.75, 3.05) is 19.6 Å². The maximum atomic E-state index is 10.6. The third kappa shape index (κ3) is 2.55. The molecule has 1 aliphatic heterocycles. The van der Waals surface area contributed by atoms with Crippen LogP contribution in [0.5, 0.6) is 0 Å². The number of aromatic nitrogens is 2. The van der Waals surface area contributed by atoms with Gasteiger partial charge in [0.05, 0.1) is 6.54 Å². The molecule has 0 aliphatic carbocycles. The maximum absolute atomic E-state index is 10.6. The SMILES string of the molecule is Cc1ccnc([C@@H]2CCN(CC(=O)O)C2)n1. The fourth-order valence-corrected chi connectivity index (χ4v) is 2.04. The first kappa shape index (κ1) is 11.0. The van der Waals surface area contributed by atoms with Crippen LogP contribution in [0.3, 0.4) is 0 Å². The van der Waals surface area contributed by atoms with E-state index in [2.05, 4.69) is 9.97 Å². The number of hydrogen-bond acceptors (Lipinski definition) is 4. The summed E-state index contributed by atoms with van der Waals surface area (Å²) in [4.78, 5) is 21.1. The lowest BCUT2D eigenvalue weighted by Gasteiger charge is -2.12. The Bertz CT molecular complexity index is 395. The Morgan fingerprint density at radius 1 is 1.69 bits per heavy atom. The van der Waals surface area contributed by atoms with Gasteiger partial charge >= 0.3 is 5.97 Å². The molecule has 1 N–H and O–H groups in total. The number of carboxylic acid groups (broad SMARTS) is 1. The van der Waals surface area contributed by atoms with Gasteiger partial charge in [-0.1, -0.05) is 0 Å². The lowest BCUT2D eigenvalue weighted by Crippen LogP contribution is -2.27. The van der Waals surface area contributed by atoms with Crippen molar-refractivity contribution >= 4 is 5.97 Å². The second kappa shape index (κ2) is 4.57. The average molecular weight is 221 g/mol. The number of rotatable bonds is 3. The number of aryl methyl sites for hydroxylation is 1. The van der Waals surface area contributed by atoms with Gasteiger partial charge in [0.25, 0.3) is 0 Å². The van der Waals surface area contributed by atoms with E-state index in [4.69, 9.17) is 5.11 Å². The first-order chi connectivity index (χ1) is 7.65. The molecule has 5 nitrogen and oxygen atoms in total. The third-order valence-corrected chi connectivity index (χ3v) is 2.81. The van der Waals surface area contributed by atoms with E-state index in [-0.39, 0.29) is 12.5 Å². The number of likely N-dealkylation sites (tertiary alicyclic amines) is 1. The number of hydrogen-bond donors (Lipinski definition) is 1. The summed E-state index contributed by atoms with van der Waals surface area (Å²) in [5.74, 6) is 0.345. The Labute approximate surface area is 94.1 Å². The molecule has 0 amide bonds. The number of carbonyl (C=O) groups is 1. The highest BCUT2D eigenvalue weighted by atomic mass is 16.4. The molecule has 86 valence electrons. The third-order valence-electron chi connectivity index (χ3n) is 2.81. The molecule has 0 aromatic carbocycles. The minimum Gasteiger partial charge on any atom is -0.480 e. The normalized spacial score (nSPS) is 21.2. The quantitative estimate of drug-likeness (QED) is 0.812. The van der Waals surface area contributed by atoms with Gasteiger partial charge in [0.1, 0.15) is 5.82 Å². The number of nitrogens with zero attached hydrogens (tertiary/aromatic N) is 3. The first-order valence-corrected chi connectivity index (χ1v) is 5.39. The summed E-state index contributed by atoms with van der Waals surface area (Å²) in [7, 11) is 0. The van der Waals surface area contributed by atoms with Crippen LogP contribution in [0.2, 0.25) is 0 Å². The van der Waals surface area contributed by atoms with Crippen LogP contribution in [0.1, 0.15) is 23.9 Å². The summed E-state index contributed by atoms with van der Waals surface area (Å²) in [5.41, 5.74) is 0.960. The molecule has 2 heterocycles. The van der Waals surface area contributed by atoms with Gasteiger partial charge in [0.15, 0.2) is 0 Å². The van der Waals surface area contributed by atoms with E-state index >= 15 is 0 Å². The molecule has 0 saturated carbocycles. The summed E-state index contributed by atoms with van der Waals surface area (Å²) in [6.45, 7) is 3.61. The summed E-state index contributed by atoms with van der Waals surface area (Å²) >= 11 is 0. The van der Waals surface area contributed by atoms with Crippen molar-refractivity contribution < 1.29 is 9.90 Å². The van der Waals surface area contributed by atoms with Crippen molar-refractivity contribution in [1.29, 1.82) is 0 Å². The van der Waals surface area contributed by atoms with Gasteiger partial charge in [-0.2, -0.15) is 0 Å². The number of carboxylic acids is 1. The second-order valence-corrected chi connectivity index (χ2v) is 4.17. The van der Waals surface area contributed by atoms with Gasteiger partial charge < -0.3 is 5.11 Å². The van der Waals surface area contributed by atoms with Gasteiger partial charge in [-0.15, -0.1) is 0 Å². The monoisotopic (exact) mass is 221 g/mol. The van der Waals surface area contributed by atoms with Crippen molar-refractivity contribution in [3.63, 3.8) is 0 Å². The van der Waals surface area contributed by atoms with Crippen molar-refractivity contribution in [2.24, 2.45) is 0 Å². The lowest BCUT2D eigenvalue weighted by molar-refractivity contribution is -0.138. The molecule has 0 bridgehead atoms. The topological polar surface area (TPSA) is 66.3 Å². The Morgan fingerprint density at radius 3 is 3.19 bits per heavy atom. The predicted octanol–water partition coefficient (Wildman–Crippen LogP) is 0.659. The highest BCUT2D eigenvalue weighted by Crippen LogP contribution is 2.23. The minimum absolute atomic E-state index is 0.113. The highest BCUT2D eigenvalue weighted by Gasteiger charge is 2.26. The van der Waals surface area contributed by atoms with Crippen LogP contribution in [0, 0.1) is 6.92 Å². The van der Waals surface area contributed by atoms with E-state index in [0.29, 0.717) is 0 Å². The van der Waals surface area contributed by atoms with Crippen molar-refractivity contribution in [1.82, 2.24) is 14.9 Å². The van der Waals surface area contributed by atoms with Crippen LogP contribution in [-0.2, 0) is 4.79 Å². The highest BCUT2D eigenvalue weighted by molar-refractivity contribution is 5.69. The first-order valence-electron chi connectivity index (χ1n) is 5.39. The molecular weight excluding hydrogens is 206 g/mol. The van der Waals surface area contributed by atoms with Gasteiger partial charge in [-0.25, -0.2) is 9.97 Å². The van der Waals surface area contributed by atoms with Crippen LogP contribution in [-0.4, -0.2) is 45.6 Å². The zero-order chi connectivity index (χ0) is 11.5. The van der Waals surface area contributed by atoms with Crippen LogP contribution in [0.4, 0.5) is 0 Å². The minimum atomic E-state index is -0.772. The van der Waals surface area contributed by atoms with Gasteiger partial charge in [-0.05, 0) is 26.0 Å². The summed E-state index contributed by atoms with van der Waals surface area (Å²) in [5, 5.41) is 8.70. The molecule has 1 aromatic heterocycles. The zero-order valence-electron chi connectivity index (χ0n) is 9.26. The maximum Gasteiger partial charge on any atom is 0.317 e. The molecule has 1 atom stereocenters. The van der Waals surface area contributed by atoms with E-state index in [0.717, 1.165) is 31.0 Å². The van der Waals surface area contributed by atoms with Crippen molar-refractivity contribution in [2.45, 2.75) is 19.3 Å². The molecule has 1 aromatic rings. The summed E-state index contributed by atoms with van der Waals surface area (Å²) in [6.07, 6.45) is 2.70. The van der Waals surface area contributed by atoms with Crippen LogP contribution >= 0.6 is 0 Å². The van der Waals surface area contributed by atoms with E-state index in [1.54, 1.807) is 6.20 Å². The van der Waals surface area contributed by atoms with Gasteiger partial charge in [0.2, 0.25) is 0 Å². The number of aliphatic carboxylic acids is 1. The van der Waals surface area contributed by atoms with Crippen LogP contribution in [0.25, 0.3) is 0 Å². The molecule has 1 aliphatic rings. The van der Waals surface area contributed by atoms with Crippen LogP contribution < -0.4 is 0 Å². The molecule has 0 radical (unpaired) electrons. The van der Waals surface area contributed by atoms with E-state index in [1.807, 2.05) is 17.9 Å². The lowest BCUT2D eigenvalue weighted by atomic mass is 10.1. The molecule has 2 rings (SSSR count). The molecule has 16 heavy (non-hydrogen) atoms. The fraction of sp³-hybridized carbons (Fsp3) is 0.545. The van der Waals surface area contributed by atoms with Crippen molar-refractivity contribution in [3.8, 4) is 0 Å². The smallest absolute Gasteiger partial charge is 0.317 e. The Balaban J connectivity index is 2.00. The van der Waals surface area contributed by atoms with Gasteiger partial charge in [0, 0.05) is 24.4 Å². The molecule has 5 heteroatoms. The Kier molecular flexibility index (Phi) is 3.14. The van der Waals surface area contributed by atoms with E-state index in [9.17, 15) is 4.79 Å². The Morgan fingerprint density at radius 2 is 2.50 bits per heavy atom. The van der Waals surface area contributed by atoms with Gasteiger partial charge in [-0.3, -0.25) is 9.69 Å². The summed E-state index contributed by atoms with van der Waals surface area (Å²) in [6, 6.07) is 1.87. The van der Waals surface area contributed by atoms with Crippen LogP contribution in [0.15, 0.2) is 12.3 Å².